The minimum Gasteiger partial charge on any atom is -0.453 e. The van der Waals surface area contributed by atoms with Crippen LogP contribution in [0.5, 0.6) is 11.5 Å². The van der Waals surface area contributed by atoms with Gasteiger partial charge in [0.2, 0.25) is 5.91 Å². The maximum Gasteiger partial charge on any atom is 0.244 e. The summed E-state index contributed by atoms with van der Waals surface area (Å²) in [7, 11) is 3.94. The van der Waals surface area contributed by atoms with Crippen LogP contribution in [0.4, 0.5) is 4.39 Å². The molecule has 0 aliphatic carbocycles. The van der Waals surface area contributed by atoms with Gasteiger partial charge in [0.15, 0.2) is 11.6 Å². The summed E-state index contributed by atoms with van der Waals surface area (Å²) in [5.74, 6) is -0.207. The summed E-state index contributed by atoms with van der Waals surface area (Å²) < 4.78 is 19.8. The Morgan fingerprint density at radius 3 is 2.63 bits per heavy atom. The van der Waals surface area contributed by atoms with Crippen LogP contribution < -0.4 is 10.1 Å². The lowest BCUT2D eigenvalue weighted by molar-refractivity contribution is -0.116. The summed E-state index contributed by atoms with van der Waals surface area (Å²) in [6, 6.07) is 18.0. The van der Waals surface area contributed by atoms with Crippen LogP contribution in [0.15, 0.2) is 79.1 Å². The second-order valence-electron chi connectivity index (χ2n) is 6.95. The van der Waals surface area contributed by atoms with Crippen LogP contribution in [0.2, 0.25) is 0 Å². The first-order valence-electron chi connectivity index (χ1n) is 9.57. The number of pyridine rings is 1. The highest BCUT2D eigenvalue weighted by Crippen LogP contribution is 2.24. The molecular formula is C24H24FN3O2. The zero-order chi connectivity index (χ0) is 21.3. The molecule has 0 saturated heterocycles. The lowest BCUT2D eigenvalue weighted by Gasteiger charge is -2.24. The third-order valence-electron chi connectivity index (χ3n) is 4.52. The molecule has 2 aromatic carbocycles. The predicted octanol–water partition coefficient (Wildman–Crippen LogP) is 4.45. The van der Waals surface area contributed by atoms with Crippen molar-refractivity contribution in [1.82, 2.24) is 15.2 Å². The summed E-state index contributed by atoms with van der Waals surface area (Å²) in [6.07, 6.45) is 6.09. The molecule has 1 amide bonds. The second-order valence-corrected chi connectivity index (χ2v) is 6.95. The molecule has 3 aromatic rings. The number of rotatable bonds is 8. The summed E-state index contributed by atoms with van der Waals surface area (Å²) in [6.45, 7) is 0.465. The number of likely N-dealkylation sites (N-methyl/N-ethyl adjacent to an activating group) is 1. The number of hydrogen-bond acceptors (Lipinski definition) is 4. The third-order valence-corrected chi connectivity index (χ3v) is 4.52. The predicted molar refractivity (Wildman–Crippen MR) is 116 cm³/mol. The van der Waals surface area contributed by atoms with Gasteiger partial charge in [-0.05, 0) is 55.6 Å². The highest BCUT2D eigenvalue weighted by molar-refractivity contribution is 5.91. The van der Waals surface area contributed by atoms with Crippen LogP contribution >= 0.6 is 0 Å². The van der Waals surface area contributed by atoms with E-state index in [1.807, 2.05) is 44.4 Å². The number of amides is 1. The van der Waals surface area contributed by atoms with Crippen molar-refractivity contribution in [2.24, 2.45) is 0 Å². The first-order chi connectivity index (χ1) is 14.5. The van der Waals surface area contributed by atoms with E-state index in [1.165, 1.54) is 24.4 Å². The zero-order valence-corrected chi connectivity index (χ0v) is 17.0. The molecule has 30 heavy (non-hydrogen) atoms. The molecule has 5 nitrogen and oxygen atoms in total. The number of nitrogens with zero attached hydrogens (tertiary/aromatic N) is 2. The van der Waals surface area contributed by atoms with Crippen LogP contribution in [0.3, 0.4) is 0 Å². The molecule has 3 rings (SSSR count). The van der Waals surface area contributed by atoms with E-state index in [1.54, 1.807) is 30.5 Å². The number of carbonyl (C=O) groups excluding carboxylic acids is 1. The fraction of sp³-hybridized carbons (Fsp3) is 0.167. The van der Waals surface area contributed by atoms with E-state index in [2.05, 4.69) is 15.2 Å². The molecule has 0 aliphatic heterocycles. The van der Waals surface area contributed by atoms with E-state index < -0.39 is 5.82 Å². The van der Waals surface area contributed by atoms with Crippen LogP contribution in [-0.4, -0.2) is 36.4 Å². The largest absolute Gasteiger partial charge is 0.453 e. The first kappa shape index (κ1) is 21.2. The second kappa shape index (κ2) is 10.3. The van der Waals surface area contributed by atoms with Gasteiger partial charge >= 0.3 is 0 Å². The Balaban J connectivity index is 1.58. The first-order valence-corrected chi connectivity index (χ1v) is 9.57. The number of nitrogens with one attached hydrogen (secondary N) is 1. The maximum absolute atomic E-state index is 14.3. The number of hydrogen-bond donors (Lipinski definition) is 1. The Morgan fingerprint density at radius 1 is 1.17 bits per heavy atom. The van der Waals surface area contributed by atoms with Gasteiger partial charge in [0, 0.05) is 18.8 Å². The molecule has 154 valence electrons. The van der Waals surface area contributed by atoms with Gasteiger partial charge in [-0.15, -0.1) is 0 Å². The molecule has 6 heteroatoms. The smallest absolute Gasteiger partial charge is 0.244 e. The van der Waals surface area contributed by atoms with Crippen molar-refractivity contribution in [1.29, 1.82) is 0 Å². The molecule has 1 heterocycles. The van der Waals surface area contributed by atoms with E-state index in [-0.39, 0.29) is 17.7 Å². The molecule has 1 N–H and O–H groups in total. The van der Waals surface area contributed by atoms with Crippen LogP contribution in [-0.2, 0) is 4.79 Å². The molecule has 0 radical (unpaired) electrons. The summed E-state index contributed by atoms with van der Waals surface area (Å²) in [4.78, 5) is 18.2. The number of benzene rings is 2. The molecule has 1 unspecified atom stereocenters. The number of ether oxygens (including phenoxy) is 1. The highest BCUT2D eigenvalue weighted by atomic mass is 19.1. The van der Waals surface area contributed by atoms with Crippen molar-refractivity contribution in [3.8, 4) is 11.5 Å². The van der Waals surface area contributed by atoms with E-state index in [0.717, 1.165) is 5.56 Å². The van der Waals surface area contributed by atoms with Gasteiger partial charge in [-0.1, -0.05) is 36.4 Å². The Hall–Kier alpha value is -3.51. The van der Waals surface area contributed by atoms with E-state index in [9.17, 15) is 9.18 Å². The third kappa shape index (κ3) is 5.99. The van der Waals surface area contributed by atoms with E-state index in [4.69, 9.17) is 4.74 Å². The van der Waals surface area contributed by atoms with Crippen molar-refractivity contribution in [3.05, 3.63) is 96.1 Å². The molecule has 0 fully saturated rings. The van der Waals surface area contributed by atoms with Crippen molar-refractivity contribution in [2.45, 2.75) is 6.04 Å². The molecule has 0 saturated carbocycles. The molecular weight excluding hydrogens is 381 g/mol. The number of halogens is 1. The molecule has 0 aliphatic rings. The maximum atomic E-state index is 14.3. The average Bonchev–Trinajstić information content (AvgIpc) is 2.75. The number of carbonyl (C=O) groups is 1. The lowest BCUT2D eigenvalue weighted by atomic mass is 10.1. The van der Waals surface area contributed by atoms with Crippen LogP contribution in [0, 0.1) is 5.82 Å². The quantitative estimate of drug-likeness (QED) is 0.563. The standard InChI is InChI=1S/C24H24FN3O2/c1-28(2)22(19-7-4-3-5-8-19)17-27-24(29)13-11-18-10-12-23(21(25)15-18)30-20-9-6-14-26-16-20/h3-16,22H,17H2,1-2H3,(H,27,29)/b13-11+. The van der Waals surface area contributed by atoms with Gasteiger partial charge in [-0.25, -0.2) is 4.39 Å². The van der Waals surface area contributed by atoms with Crippen molar-refractivity contribution >= 4 is 12.0 Å². The Kier molecular flexibility index (Phi) is 7.29. The Bertz CT molecular complexity index is 992. The SMILES string of the molecule is CN(C)C(CNC(=O)/C=C/c1ccc(Oc2cccnc2)c(F)c1)c1ccccc1. The molecule has 0 bridgehead atoms. The minimum atomic E-state index is -0.516. The Morgan fingerprint density at radius 2 is 1.97 bits per heavy atom. The van der Waals surface area contributed by atoms with Crippen molar-refractivity contribution in [2.75, 3.05) is 20.6 Å². The molecule has 1 aromatic heterocycles. The van der Waals surface area contributed by atoms with E-state index >= 15 is 0 Å². The Labute approximate surface area is 175 Å². The fourth-order valence-corrected chi connectivity index (χ4v) is 2.94. The fourth-order valence-electron chi connectivity index (χ4n) is 2.94. The molecule has 1 atom stereocenters. The normalized spacial score (nSPS) is 12.1. The average molecular weight is 405 g/mol. The summed E-state index contributed by atoms with van der Waals surface area (Å²) in [5.41, 5.74) is 1.69. The van der Waals surface area contributed by atoms with Crippen molar-refractivity contribution < 1.29 is 13.9 Å². The van der Waals surface area contributed by atoms with Gasteiger partial charge < -0.3 is 15.0 Å². The van der Waals surface area contributed by atoms with Gasteiger partial charge in [0.1, 0.15) is 5.75 Å². The zero-order valence-electron chi connectivity index (χ0n) is 17.0. The molecule has 0 spiro atoms. The van der Waals surface area contributed by atoms with Gasteiger partial charge in [0.05, 0.1) is 12.2 Å². The topological polar surface area (TPSA) is 54.5 Å². The summed E-state index contributed by atoms with van der Waals surface area (Å²) >= 11 is 0. The van der Waals surface area contributed by atoms with Gasteiger partial charge in [0.25, 0.3) is 0 Å². The van der Waals surface area contributed by atoms with E-state index in [0.29, 0.717) is 17.9 Å². The lowest BCUT2D eigenvalue weighted by Crippen LogP contribution is -2.33. The monoisotopic (exact) mass is 405 g/mol. The van der Waals surface area contributed by atoms with Crippen molar-refractivity contribution in [3.63, 3.8) is 0 Å². The minimum absolute atomic E-state index is 0.0601. The van der Waals surface area contributed by atoms with Crippen LogP contribution in [0.1, 0.15) is 17.2 Å². The number of aromatic nitrogens is 1. The highest BCUT2D eigenvalue weighted by Gasteiger charge is 2.14. The van der Waals surface area contributed by atoms with Gasteiger partial charge in [-0.3, -0.25) is 9.78 Å². The van der Waals surface area contributed by atoms with Crippen LogP contribution in [0.25, 0.3) is 6.08 Å². The summed E-state index contributed by atoms with van der Waals surface area (Å²) in [5, 5.41) is 2.90. The van der Waals surface area contributed by atoms with Gasteiger partial charge in [-0.2, -0.15) is 0 Å².